The third-order valence-electron chi connectivity index (χ3n) is 25.2. The summed E-state index contributed by atoms with van der Waals surface area (Å²) >= 11 is 0. The number of carbonyl (C=O) groups is 8. The van der Waals surface area contributed by atoms with Crippen molar-refractivity contribution in [3.63, 3.8) is 0 Å². The average molecular weight is 1690 g/mol. The molecular formula is C112H100N4O12. The first-order chi connectivity index (χ1) is 61.5. The molecule has 0 aromatic heterocycles. The predicted molar refractivity (Wildman–Crippen MR) is 507 cm³/mol. The molecule has 0 radical (unpaired) electrons. The number of benzene rings is 8. The Kier molecular flexibility index (Phi) is 23.4. The Hall–Kier alpha value is -14.6. The van der Waals surface area contributed by atoms with E-state index in [2.05, 4.69) is 73.9 Å². The minimum atomic E-state index is -0.231. The fourth-order valence-electron chi connectivity index (χ4n) is 18.6. The van der Waals surface area contributed by atoms with E-state index in [-0.39, 0.29) is 79.4 Å². The number of nitrogens with zero attached hydrogens (tertiary/aromatic N) is 4. The van der Waals surface area contributed by atoms with Crippen LogP contribution >= 0.6 is 0 Å². The number of ketones is 8. The number of aryl methyl sites for hydroxylation is 2. The molecular weight excluding hydrogens is 1590 g/mol. The zero-order chi connectivity index (χ0) is 89.7. The van der Waals surface area contributed by atoms with Crippen molar-refractivity contribution in [2.24, 2.45) is 0 Å². The molecule has 8 aliphatic heterocycles. The maximum Gasteiger partial charge on any atom is 0.198 e. The zero-order valence-corrected chi connectivity index (χ0v) is 74.2. The van der Waals surface area contributed by atoms with Gasteiger partial charge in [-0.05, 0) is 265 Å². The van der Waals surface area contributed by atoms with Crippen LogP contribution in [0.4, 0.5) is 22.7 Å². The van der Waals surface area contributed by atoms with Gasteiger partial charge in [-0.3, -0.25) is 38.4 Å². The lowest BCUT2D eigenvalue weighted by Gasteiger charge is -2.48. The van der Waals surface area contributed by atoms with E-state index >= 15 is 0 Å². The van der Waals surface area contributed by atoms with E-state index in [9.17, 15) is 38.4 Å². The SMILES string of the molecule is CC1=CC(=C2C(=O)c3ccccc3C2=O)C=C(C=Cc2cc3c4c(c2)C(C)(C)CCN4CCC3(C)C)O1.CC1=CC(=C2C(=O)c3ccccc3C2=O)C=C(C=Cc2cc3c4c(c2)CCCN4CCC3)O1.CC1=CC(=C2C(=O)c3ccccc3C2=O)C=C(C=Cc2ccc(N(C)C)cc2)O1.CC1=CC(=C2C(=O)c3ccccc3C2=O)C=C(C=Cc2ccc(N(C)C)cc2)O1. The first-order valence-corrected chi connectivity index (χ1v) is 43.7. The summed E-state index contributed by atoms with van der Waals surface area (Å²) in [5.74, 6) is 3.20. The van der Waals surface area contributed by atoms with Gasteiger partial charge < -0.3 is 38.5 Å². The Morgan fingerprint density at radius 2 is 0.547 bits per heavy atom. The zero-order valence-electron chi connectivity index (χ0n) is 74.2. The Bertz CT molecular complexity index is 6280. The number of Topliss-reactive ketones (excluding diaryl/α,β-unsaturated/α-hetero) is 8. The maximum atomic E-state index is 13.1. The van der Waals surface area contributed by atoms with Crippen LogP contribution in [0.2, 0.25) is 0 Å². The molecule has 0 atom stereocenters. The summed E-state index contributed by atoms with van der Waals surface area (Å²) in [6.07, 6.45) is 36.7. The van der Waals surface area contributed by atoms with Gasteiger partial charge in [0, 0.05) is 122 Å². The van der Waals surface area contributed by atoms with Gasteiger partial charge in [-0.1, -0.05) is 173 Å². The summed E-state index contributed by atoms with van der Waals surface area (Å²) in [6.45, 7) is 21.3. The van der Waals surface area contributed by atoms with Gasteiger partial charge in [0.25, 0.3) is 0 Å². The van der Waals surface area contributed by atoms with E-state index in [4.69, 9.17) is 18.9 Å². The third-order valence-corrected chi connectivity index (χ3v) is 25.2. The molecule has 128 heavy (non-hydrogen) atoms. The second-order valence-corrected chi connectivity index (χ2v) is 35.7. The van der Waals surface area contributed by atoms with Gasteiger partial charge in [0.2, 0.25) is 0 Å². The molecule has 8 aromatic rings. The van der Waals surface area contributed by atoms with E-state index in [1.54, 1.807) is 146 Å². The Balaban J connectivity index is 0.000000121. The van der Waals surface area contributed by atoms with Crippen molar-refractivity contribution in [3.8, 4) is 0 Å². The number of anilines is 4. The summed E-state index contributed by atoms with van der Waals surface area (Å²) in [7, 11) is 8.00. The molecule has 20 rings (SSSR count). The van der Waals surface area contributed by atoms with Gasteiger partial charge in [-0.25, -0.2) is 0 Å². The maximum absolute atomic E-state index is 13.1. The number of carbonyl (C=O) groups excluding carboxylic acids is 8. The van der Waals surface area contributed by atoms with Crippen LogP contribution in [0.3, 0.4) is 0 Å². The normalized spacial score (nSPS) is 18.4. The Morgan fingerprint density at radius 1 is 0.297 bits per heavy atom. The molecule has 0 fully saturated rings. The fourth-order valence-corrected chi connectivity index (χ4v) is 18.6. The number of ether oxygens (including phenoxy) is 4. The minimum absolute atomic E-state index is 0.119. The van der Waals surface area contributed by atoms with Gasteiger partial charge in [0.05, 0.1) is 22.3 Å². The predicted octanol–water partition coefficient (Wildman–Crippen LogP) is 22.6. The molecule has 12 aliphatic rings. The second kappa shape index (κ2) is 35.1. The molecule has 0 saturated heterocycles. The summed E-state index contributed by atoms with van der Waals surface area (Å²) in [6, 6.07) is 53.4. The van der Waals surface area contributed by atoms with Gasteiger partial charge >= 0.3 is 0 Å². The third kappa shape index (κ3) is 17.1. The highest BCUT2D eigenvalue weighted by Crippen LogP contribution is 2.50. The van der Waals surface area contributed by atoms with Crippen LogP contribution in [-0.4, -0.2) is 101 Å². The van der Waals surface area contributed by atoms with Crippen molar-refractivity contribution >= 4 is 93.3 Å². The van der Waals surface area contributed by atoms with Crippen molar-refractivity contribution in [3.05, 3.63) is 422 Å². The lowest BCUT2D eigenvalue weighted by molar-refractivity contribution is 0.0972. The second-order valence-electron chi connectivity index (χ2n) is 35.7. The quantitative estimate of drug-likeness (QED) is 0.0928. The molecule has 0 unspecified atom stereocenters. The smallest absolute Gasteiger partial charge is 0.198 e. The molecule has 0 N–H and O–H groups in total. The van der Waals surface area contributed by atoms with Crippen LogP contribution in [0, 0.1) is 0 Å². The van der Waals surface area contributed by atoms with E-state index in [0.717, 1.165) is 66.8 Å². The molecule has 8 heterocycles. The van der Waals surface area contributed by atoms with Crippen molar-refractivity contribution < 1.29 is 57.3 Å². The Labute approximate surface area is 747 Å². The van der Waals surface area contributed by atoms with Gasteiger partial charge in [0.15, 0.2) is 46.3 Å². The van der Waals surface area contributed by atoms with Crippen LogP contribution < -0.4 is 19.6 Å². The Morgan fingerprint density at radius 3 is 0.812 bits per heavy atom. The minimum Gasteiger partial charge on any atom is -0.462 e. The molecule has 0 amide bonds. The van der Waals surface area contributed by atoms with Crippen molar-refractivity contribution in [2.75, 3.05) is 74.0 Å². The molecule has 0 saturated carbocycles. The van der Waals surface area contributed by atoms with Gasteiger partial charge in [0.1, 0.15) is 46.1 Å². The highest BCUT2D eigenvalue weighted by Gasteiger charge is 2.43. The summed E-state index contributed by atoms with van der Waals surface area (Å²) in [5.41, 5.74) is 22.4. The lowest BCUT2D eigenvalue weighted by Crippen LogP contribution is -2.44. The van der Waals surface area contributed by atoms with E-state index in [1.807, 2.05) is 151 Å². The largest absolute Gasteiger partial charge is 0.462 e. The number of hydrogen-bond acceptors (Lipinski definition) is 16. The molecule has 0 spiro atoms. The number of allylic oxidation sites excluding steroid dienone is 24. The molecule has 640 valence electrons. The van der Waals surface area contributed by atoms with Gasteiger partial charge in [-0.15, -0.1) is 0 Å². The van der Waals surface area contributed by atoms with Crippen LogP contribution in [0.5, 0.6) is 0 Å². The number of hydrogen-bond donors (Lipinski definition) is 0. The molecule has 8 aromatic carbocycles. The van der Waals surface area contributed by atoms with E-state index in [1.165, 1.54) is 65.1 Å². The van der Waals surface area contributed by atoms with Crippen LogP contribution in [-0.2, 0) is 42.6 Å². The van der Waals surface area contributed by atoms with Gasteiger partial charge in [-0.2, -0.15) is 0 Å². The standard InChI is InChI=1S/C33H33NO3.C29H25NO3.2C25H21NO3/c1-20-16-22(28-30(35)24-8-6-7-9-25(24)31(28)36)19-23(37-20)11-10-21-17-26-29-27(18-21)33(4,5)13-15-34(29)14-12-32(26,2)3;1-18-14-22(26-28(31)24-8-2-3-9-25(24)29(26)32)17-23(33-18)11-10-19-15-20-6-4-12-30-13-5-7-21(16-19)27(20)30;2*1-16-14-18(23-24(27)21-6-4-5-7-22(21)25(23)28)15-20(29-16)13-10-17-8-11-19(12-9-17)26(2)3/h6-11,16-19H,12-15H2,1-5H3;2-3,8-11,14-17H,4-7,12-13H2,1H3;2*4-15H,1-3H3. The first-order valence-electron chi connectivity index (χ1n) is 43.7. The van der Waals surface area contributed by atoms with Crippen molar-refractivity contribution in [2.45, 2.75) is 105 Å². The molecule has 4 aliphatic carbocycles. The van der Waals surface area contributed by atoms with Crippen molar-refractivity contribution in [1.82, 2.24) is 0 Å². The summed E-state index contributed by atoms with van der Waals surface area (Å²) in [4.78, 5) is 112. The summed E-state index contributed by atoms with van der Waals surface area (Å²) in [5, 5.41) is 0. The average Bonchev–Trinajstić information content (AvgIpc) is 1.25. The monoisotopic (exact) mass is 1690 g/mol. The van der Waals surface area contributed by atoms with Crippen LogP contribution in [0.1, 0.15) is 208 Å². The fraction of sp³-hybridized carbons (Fsp3) is 0.214. The molecule has 16 heteroatoms. The summed E-state index contributed by atoms with van der Waals surface area (Å²) < 4.78 is 23.5. The highest BCUT2D eigenvalue weighted by molar-refractivity contribution is 6.42. The molecule has 16 nitrogen and oxygen atoms in total. The topological polar surface area (TPSA) is 186 Å². The van der Waals surface area contributed by atoms with Crippen LogP contribution in [0.15, 0.2) is 333 Å². The number of rotatable bonds is 10. The molecule has 0 bridgehead atoms. The first kappa shape index (κ1) is 85.5. The number of fused-ring (bicyclic) bond motifs is 4. The van der Waals surface area contributed by atoms with Crippen molar-refractivity contribution in [1.29, 1.82) is 0 Å². The lowest BCUT2D eigenvalue weighted by atomic mass is 9.69. The van der Waals surface area contributed by atoms with E-state index < -0.39 is 0 Å². The van der Waals surface area contributed by atoms with E-state index in [0.29, 0.717) is 113 Å². The van der Waals surface area contributed by atoms with Crippen LogP contribution in [0.25, 0.3) is 24.3 Å². The highest BCUT2D eigenvalue weighted by atomic mass is 16.5.